The van der Waals surface area contributed by atoms with Crippen molar-refractivity contribution in [2.45, 2.75) is 32.7 Å². The molecule has 0 spiro atoms. The number of amides is 2. The maximum Gasteiger partial charge on any atom is 0.250 e. The lowest BCUT2D eigenvalue weighted by Crippen LogP contribution is -2.33. The fraction of sp³-hybridized carbons (Fsp3) is 0.429. The van der Waals surface area contributed by atoms with E-state index in [2.05, 4.69) is 10.6 Å². The van der Waals surface area contributed by atoms with Crippen molar-refractivity contribution in [3.05, 3.63) is 23.8 Å². The zero-order valence-corrected chi connectivity index (χ0v) is 11.9. The van der Waals surface area contributed by atoms with Crippen LogP contribution >= 0.6 is 0 Å². The zero-order chi connectivity index (χ0) is 15.1. The normalized spacial score (nSPS) is 11.7. The molecule has 0 aliphatic heterocycles. The first-order valence-corrected chi connectivity index (χ1v) is 6.67. The molecule has 2 amide bonds. The van der Waals surface area contributed by atoms with Gasteiger partial charge in [0.2, 0.25) is 5.91 Å². The first kappa shape index (κ1) is 15.8. The minimum absolute atomic E-state index is 0.0398. The van der Waals surface area contributed by atoms with Gasteiger partial charge < -0.3 is 22.1 Å². The fourth-order valence-electron chi connectivity index (χ4n) is 1.72. The molecule has 6 heteroatoms. The first-order valence-electron chi connectivity index (χ1n) is 6.67. The van der Waals surface area contributed by atoms with Crippen LogP contribution in [0.5, 0.6) is 0 Å². The summed E-state index contributed by atoms with van der Waals surface area (Å²) in [6, 6.07) is 5.09. The second kappa shape index (κ2) is 7.37. The molecule has 110 valence electrons. The number of hydrogen-bond donors (Lipinski definition) is 4. The minimum atomic E-state index is -0.552. The number of hydrogen-bond acceptors (Lipinski definition) is 4. The molecule has 0 aromatic heterocycles. The Hall–Kier alpha value is -2.24. The molecule has 0 heterocycles. The van der Waals surface area contributed by atoms with Gasteiger partial charge in [-0.2, -0.15) is 0 Å². The van der Waals surface area contributed by atoms with Crippen molar-refractivity contribution in [1.82, 2.24) is 5.32 Å². The highest BCUT2D eigenvalue weighted by molar-refractivity contribution is 6.01. The van der Waals surface area contributed by atoms with Gasteiger partial charge in [-0.3, -0.25) is 9.59 Å². The molecule has 0 saturated heterocycles. The lowest BCUT2D eigenvalue weighted by atomic mass is 10.1. The molecule has 1 unspecified atom stereocenters. The Morgan fingerprint density at radius 2 is 2.05 bits per heavy atom. The Morgan fingerprint density at radius 3 is 2.65 bits per heavy atom. The highest BCUT2D eigenvalue weighted by Gasteiger charge is 2.11. The average molecular weight is 278 g/mol. The predicted molar refractivity (Wildman–Crippen MR) is 80.4 cm³/mol. The van der Waals surface area contributed by atoms with Gasteiger partial charge in [-0.15, -0.1) is 0 Å². The number of benzene rings is 1. The third kappa shape index (κ3) is 4.46. The van der Waals surface area contributed by atoms with E-state index in [1.165, 1.54) is 0 Å². The quantitative estimate of drug-likeness (QED) is 0.559. The topological polar surface area (TPSA) is 110 Å². The van der Waals surface area contributed by atoms with E-state index in [4.69, 9.17) is 11.5 Å². The van der Waals surface area contributed by atoms with Crippen molar-refractivity contribution < 1.29 is 9.59 Å². The van der Waals surface area contributed by atoms with Crippen molar-refractivity contribution >= 4 is 23.2 Å². The molecular weight excluding hydrogens is 256 g/mol. The van der Waals surface area contributed by atoms with Crippen LogP contribution in [0, 0.1) is 0 Å². The van der Waals surface area contributed by atoms with Gasteiger partial charge in [-0.05, 0) is 25.5 Å². The number of carbonyl (C=O) groups is 2. The predicted octanol–water partition coefficient (Wildman–Crippen LogP) is 1.08. The van der Waals surface area contributed by atoms with Crippen molar-refractivity contribution in [3.63, 3.8) is 0 Å². The average Bonchev–Trinajstić information content (AvgIpc) is 2.40. The monoisotopic (exact) mass is 278 g/mol. The van der Waals surface area contributed by atoms with Gasteiger partial charge in [0.1, 0.15) is 0 Å². The smallest absolute Gasteiger partial charge is 0.250 e. The van der Waals surface area contributed by atoms with Crippen LogP contribution in [0.3, 0.4) is 0 Å². The summed E-state index contributed by atoms with van der Waals surface area (Å²) in [6.07, 6.45) is 1.19. The van der Waals surface area contributed by atoms with Crippen molar-refractivity contribution in [2.75, 3.05) is 17.6 Å². The third-order valence-corrected chi connectivity index (χ3v) is 3.04. The molecule has 0 aliphatic rings. The maximum absolute atomic E-state index is 11.6. The number of para-hydroxylation sites is 1. The molecule has 6 nitrogen and oxygen atoms in total. The number of primary amides is 1. The van der Waals surface area contributed by atoms with E-state index in [9.17, 15) is 9.59 Å². The number of nitrogens with one attached hydrogen (secondary N) is 2. The number of rotatable bonds is 7. The molecule has 1 aromatic carbocycles. The molecule has 1 rings (SSSR count). The Morgan fingerprint density at radius 1 is 1.35 bits per heavy atom. The van der Waals surface area contributed by atoms with Crippen molar-refractivity contribution in [3.8, 4) is 0 Å². The standard InChI is InChI=1S/C14H22N4O2/c1-3-9(2)18-12(19)7-8-17-13-10(14(16)20)5-4-6-11(13)15/h4-6,9,17H,3,7-8,15H2,1-2H3,(H2,16,20)(H,18,19). The summed E-state index contributed by atoms with van der Waals surface area (Å²) in [7, 11) is 0. The van der Waals surface area contributed by atoms with E-state index in [1.54, 1.807) is 18.2 Å². The Labute approximate surface area is 118 Å². The summed E-state index contributed by atoms with van der Waals surface area (Å²) >= 11 is 0. The van der Waals surface area contributed by atoms with Crippen LogP contribution < -0.4 is 22.1 Å². The third-order valence-electron chi connectivity index (χ3n) is 3.04. The van der Waals surface area contributed by atoms with E-state index in [0.717, 1.165) is 6.42 Å². The van der Waals surface area contributed by atoms with Gasteiger partial charge in [0.25, 0.3) is 5.91 Å². The van der Waals surface area contributed by atoms with Crippen LogP contribution in [0.15, 0.2) is 18.2 Å². The number of anilines is 2. The van der Waals surface area contributed by atoms with Gasteiger partial charge in [0.15, 0.2) is 0 Å². The highest BCUT2D eigenvalue weighted by atomic mass is 16.2. The maximum atomic E-state index is 11.6. The molecule has 0 bridgehead atoms. The van der Waals surface area contributed by atoms with E-state index in [-0.39, 0.29) is 11.9 Å². The van der Waals surface area contributed by atoms with Gasteiger partial charge >= 0.3 is 0 Å². The van der Waals surface area contributed by atoms with Crippen LogP contribution in [0.4, 0.5) is 11.4 Å². The Balaban J connectivity index is 2.58. The van der Waals surface area contributed by atoms with E-state index >= 15 is 0 Å². The largest absolute Gasteiger partial charge is 0.397 e. The summed E-state index contributed by atoms with van der Waals surface area (Å²) in [5.74, 6) is -0.592. The number of nitrogens with two attached hydrogens (primary N) is 2. The molecule has 6 N–H and O–H groups in total. The Kier molecular flexibility index (Phi) is 5.83. The van der Waals surface area contributed by atoms with Gasteiger partial charge in [-0.1, -0.05) is 13.0 Å². The number of carbonyl (C=O) groups excluding carboxylic acids is 2. The van der Waals surface area contributed by atoms with Crippen LogP contribution in [-0.2, 0) is 4.79 Å². The fourth-order valence-corrected chi connectivity index (χ4v) is 1.72. The van der Waals surface area contributed by atoms with E-state index < -0.39 is 5.91 Å². The molecule has 0 aliphatic carbocycles. The zero-order valence-electron chi connectivity index (χ0n) is 11.9. The second-order valence-corrected chi connectivity index (χ2v) is 4.69. The number of nitrogen functional groups attached to an aromatic ring is 1. The molecule has 1 aromatic rings. The Bertz CT molecular complexity index is 488. The molecule has 0 fully saturated rings. The van der Waals surface area contributed by atoms with Crippen LogP contribution in [0.25, 0.3) is 0 Å². The summed E-state index contributed by atoms with van der Waals surface area (Å²) in [5, 5.41) is 5.86. The van der Waals surface area contributed by atoms with Crippen LogP contribution in [0.2, 0.25) is 0 Å². The molecule has 0 radical (unpaired) electrons. The summed E-state index contributed by atoms with van der Waals surface area (Å²) in [4.78, 5) is 22.9. The van der Waals surface area contributed by atoms with Gasteiger partial charge in [-0.25, -0.2) is 0 Å². The van der Waals surface area contributed by atoms with Gasteiger partial charge in [0, 0.05) is 19.0 Å². The molecular formula is C14H22N4O2. The molecule has 0 saturated carbocycles. The van der Waals surface area contributed by atoms with Gasteiger partial charge in [0.05, 0.1) is 16.9 Å². The summed E-state index contributed by atoms with van der Waals surface area (Å²) in [6.45, 7) is 4.34. The lowest BCUT2D eigenvalue weighted by molar-refractivity contribution is -0.121. The minimum Gasteiger partial charge on any atom is -0.397 e. The summed E-state index contributed by atoms with van der Waals surface area (Å²) in [5.41, 5.74) is 12.3. The lowest BCUT2D eigenvalue weighted by Gasteiger charge is -2.14. The molecule has 1 atom stereocenters. The second-order valence-electron chi connectivity index (χ2n) is 4.69. The highest BCUT2D eigenvalue weighted by Crippen LogP contribution is 2.22. The first-order chi connectivity index (χ1) is 9.45. The SMILES string of the molecule is CCC(C)NC(=O)CCNc1c(N)cccc1C(N)=O. The van der Waals surface area contributed by atoms with E-state index in [0.29, 0.717) is 29.9 Å². The molecule has 20 heavy (non-hydrogen) atoms. The van der Waals surface area contributed by atoms with Crippen molar-refractivity contribution in [2.24, 2.45) is 5.73 Å². The van der Waals surface area contributed by atoms with E-state index in [1.807, 2.05) is 13.8 Å². The van der Waals surface area contributed by atoms with Crippen molar-refractivity contribution in [1.29, 1.82) is 0 Å². The van der Waals surface area contributed by atoms with Crippen LogP contribution in [0.1, 0.15) is 37.0 Å². The summed E-state index contributed by atoms with van der Waals surface area (Å²) < 4.78 is 0. The van der Waals surface area contributed by atoms with Crippen LogP contribution in [-0.4, -0.2) is 24.4 Å².